The van der Waals surface area contributed by atoms with Gasteiger partial charge in [-0.1, -0.05) is 6.42 Å². The molecular formula is C14H26N2O2. The summed E-state index contributed by atoms with van der Waals surface area (Å²) < 4.78 is 5.69. The second-order valence-electron chi connectivity index (χ2n) is 5.48. The molecule has 1 amide bonds. The number of amides is 1. The van der Waals surface area contributed by atoms with Crippen LogP contribution in [0.4, 0.5) is 0 Å². The van der Waals surface area contributed by atoms with Gasteiger partial charge in [0.25, 0.3) is 5.91 Å². The van der Waals surface area contributed by atoms with E-state index in [9.17, 15) is 4.79 Å². The molecule has 0 saturated carbocycles. The van der Waals surface area contributed by atoms with Crippen LogP contribution in [0.3, 0.4) is 0 Å². The van der Waals surface area contributed by atoms with Gasteiger partial charge in [-0.3, -0.25) is 4.79 Å². The van der Waals surface area contributed by atoms with Crippen molar-refractivity contribution >= 4 is 5.91 Å². The van der Waals surface area contributed by atoms with Crippen LogP contribution in [-0.2, 0) is 9.53 Å². The molecule has 2 unspecified atom stereocenters. The van der Waals surface area contributed by atoms with Crippen molar-refractivity contribution in [3.8, 4) is 0 Å². The van der Waals surface area contributed by atoms with Gasteiger partial charge in [0.1, 0.15) is 6.10 Å². The van der Waals surface area contributed by atoms with Crippen LogP contribution >= 0.6 is 0 Å². The Labute approximate surface area is 110 Å². The zero-order chi connectivity index (χ0) is 12.8. The molecule has 2 rings (SSSR count). The number of rotatable bonds is 5. The average Bonchev–Trinajstić information content (AvgIpc) is 2.93. The van der Waals surface area contributed by atoms with Gasteiger partial charge in [-0.15, -0.1) is 0 Å². The number of hydrogen-bond donors (Lipinski definition) is 1. The maximum atomic E-state index is 12.0. The summed E-state index contributed by atoms with van der Waals surface area (Å²) in [6.45, 7) is 5.54. The minimum Gasteiger partial charge on any atom is -0.369 e. The van der Waals surface area contributed by atoms with Gasteiger partial charge >= 0.3 is 0 Å². The van der Waals surface area contributed by atoms with Crippen molar-refractivity contribution in [3.63, 3.8) is 0 Å². The molecule has 2 heterocycles. The molecule has 0 aromatic carbocycles. The molecule has 2 atom stereocenters. The van der Waals surface area contributed by atoms with Crippen molar-refractivity contribution in [1.29, 1.82) is 0 Å². The fourth-order valence-electron chi connectivity index (χ4n) is 2.82. The van der Waals surface area contributed by atoms with Crippen LogP contribution in [0.2, 0.25) is 0 Å². The lowest BCUT2D eigenvalue weighted by atomic mass is 10.0. The van der Waals surface area contributed by atoms with E-state index in [1.165, 1.54) is 19.3 Å². The minimum atomic E-state index is -0.272. The highest BCUT2D eigenvalue weighted by atomic mass is 16.5. The van der Waals surface area contributed by atoms with E-state index in [0.717, 1.165) is 38.9 Å². The van der Waals surface area contributed by atoms with Gasteiger partial charge in [0, 0.05) is 25.7 Å². The normalized spacial score (nSPS) is 26.3. The monoisotopic (exact) mass is 254 g/mol. The van der Waals surface area contributed by atoms with E-state index in [0.29, 0.717) is 12.6 Å². The molecular weight excluding hydrogens is 228 g/mol. The second-order valence-corrected chi connectivity index (χ2v) is 5.48. The predicted octanol–water partition coefficient (Wildman–Crippen LogP) is 1.55. The highest BCUT2D eigenvalue weighted by Gasteiger charge is 2.23. The van der Waals surface area contributed by atoms with Crippen LogP contribution in [0, 0.1) is 0 Å². The van der Waals surface area contributed by atoms with Crippen LogP contribution in [0.5, 0.6) is 0 Å². The van der Waals surface area contributed by atoms with E-state index in [1.54, 1.807) is 0 Å². The number of ether oxygens (including phenoxy) is 1. The molecule has 4 nitrogen and oxygen atoms in total. The van der Waals surface area contributed by atoms with Gasteiger partial charge < -0.3 is 15.0 Å². The minimum absolute atomic E-state index is 0.170. The molecule has 0 spiro atoms. The molecule has 1 N–H and O–H groups in total. The highest BCUT2D eigenvalue weighted by molar-refractivity contribution is 5.80. The number of nitrogens with one attached hydrogen (secondary N) is 1. The van der Waals surface area contributed by atoms with Gasteiger partial charge in [0.15, 0.2) is 0 Å². The molecule has 2 aliphatic heterocycles. The topological polar surface area (TPSA) is 41.6 Å². The third-order valence-electron chi connectivity index (χ3n) is 4.01. The summed E-state index contributed by atoms with van der Waals surface area (Å²) in [4.78, 5) is 13.9. The molecule has 2 saturated heterocycles. The number of nitrogens with zero attached hydrogens (tertiary/aromatic N) is 1. The van der Waals surface area contributed by atoms with Crippen LogP contribution in [0.25, 0.3) is 0 Å². The number of carbonyl (C=O) groups is 1. The summed E-state index contributed by atoms with van der Waals surface area (Å²) in [5.41, 5.74) is 0. The molecule has 0 aromatic rings. The van der Waals surface area contributed by atoms with Gasteiger partial charge in [-0.2, -0.15) is 0 Å². The number of carbonyl (C=O) groups excluding carboxylic acids is 1. The maximum absolute atomic E-state index is 12.0. The van der Waals surface area contributed by atoms with Gasteiger partial charge in [0.05, 0.1) is 0 Å². The summed E-state index contributed by atoms with van der Waals surface area (Å²) in [6, 6.07) is 0.591. The Kier molecular flexibility index (Phi) is 5.45. The Morgan fingerprint density at radius 2 is 2.11 bits per heavy atom. The number of piperidine rings is 1. The highest BCUT2D eigenvalue weighted by Crippen LogP contribution is 2.12. The summed E-state index contributed by atoms with van der Waals surface area (Å²) >= 11 is 0. The predicted molar refractivity (Wildman–Crippen MR) is 71.5 cm³/mol. The standard InChI is InChI=1S/C14H26N2O2/c1-12(14(17)16-9-4-5-10-16)18-11-7-13-6-2-3-8-15-13/h12-13,15H,2-11H2,1H3. The van der Waals surface area contributed by atoms with Gasteiger partial charge in [-0.05, 0) is 45.6 Å². The van der Waals surface area contributed by atoms with E-state index in [2.05, 4.69) is 5.32 Å². The quantitative estimate of drug-likeness (QED) is 0.809. The van der Waals surface area contributed by atoms with Crippen molar-refractivity contribution in [3.05, 3.63) is 0 Å². The lowest BCUT2D eigenvalue weighted by Gasteiger charge is -2.25. The largest absolute Gasteiger partial charge is 0.369 e. The van der Waals surface area contributed by atoms with Gasteiger partial charge in [0.2, 0.25) is 0 Å². The number of likely N-dealkylation sites (tertiary alicyclic amines) is 1. The average molecular weight is 254 g/mol. The first-order valence-corrected chi connectivity index (χ1v) is 7.41. The Bertz CT molecular complexity index is 259. The first-order chi connectivity index (χ1) is 8.77. The van der Waals surface area contributed by atoms with Crippen molar-refractivity contribution < 1.29 is 9.53 Å². The van der Waals surface area contributed by atoms with E-state index < -0.39 is 0 Å². The number of hydrogen-bond acceptors (Lipinski definition) is 3. The Balaban J connectivity index is 1.61. The zero-order valence-electron chi connectivity index (χ0n) is 11.5. The SMILES string of the molecule is CC(OCCC1CCCCN1)C(=O)N1CCCC1. The summed E-state index contributed by atoms with van der Waals surface area (Å²) in [6.07, 6.45) is 6.90. The second kappa shape index (κ2) is 7.10. The van der Waals surface area contributed by atoms with E-state index in [4.69, 9.17) is 4.74 Å². The van der Waals surface area contributed by atoms with Crippen LogP contribution in [0.1, 0.15) is 45.4 Å². The fourth-order valence-corrected chi connectivity index (χ4v) is 2.82. The van der Waals surface area contributed by atoms with Crippen molar-refractivity contribution in [2.24, 2.45) is 0 Å². The summed E-state index contributed by atoms with van der Waals surface area (Å²) in [7, 11) is 0. The maximum Gasteiger partial charge on any atom is 0.251 e. The van der Waals surface area contributed by atoms with Crippen LogP contribution in [-0.4, -0.2) is 49.2 Å². The van der Waals surface area contributed by atoms with E-state index in [-0.39, 0.29) is 12.0 Å². The Morgan fingerprint density at radius 3 is 2.78 bits per heavy atom. The van der Waals surface area contributed by atoms with Crippen molar-refractivity contribution in [1.82, 2.24) is 10.2 Å². The summed E-state index contributed by atoms with van der Waals surface area (Å²) in [5, 5.41) is 3.50. The first-order valence-electron chi connectivity index (χ1n) is 7.41. The zero-order valence-corrected chi connectivity index (χ0v) is 11.5. The molecule has 0 radical (unpaired) electrons. The smallest absolute Gasteiger partial charge is 0.251 e. The summed E-state index contributed by atoms with van der Waals surface area (Å²) in [5.74, 6) is 0.170. The first kappa shape index (κ1) is 13.8. The third kappa shape index (κ3) is 3.95. The molecule has 2 aliphatic rings. The molecule has 18 heavy (non-hydrogen) atoms. The Morgan fingerprint density at radius 1 is 1.33 bits per heavy atom. The van der Waals surface area contributed by atoms with E-state index in [1.807, 2.05) is 11.8 Å². The van der Waals surface area contributed by atoms with E-state index >= 15 is 0 Å². The Hall–Kier alpha value is -0.610. The lowest BCUT2D eigenvalue weighted by molar-refractivity contribution is -0.141. The van der Waals surface area contributed by atoms with Crippen molar-refractivity contribution in [2.45, 2.75) is 57.6 Å². The molecule has 0 bridgehead atoms. The fraction of sp³-hybridized carbons (Fsp3) is 0.929. The molecule has 4 heteroatoms. The van der Waals surface area contributed by atoms with Gasteiger partial charge in [-0.25, -0.2) is 0 Å². The molecule has 2 fully saturated rings. The lowest BCUT2D eigenvalue weighted by Crippen LogP contribution is -2.38. The van der Waals surface area contributed by atoms with Crippen LogP contribution < -0.4 is 5.32 Å². The third-order valence-corrected chi connectivity index (χ3v) is 4.01. The molecule has 104 valence electrons. The molecule has 0 aliphatic carbocycles. The molecule has 0 aromatic heterocycles. The van der Waals surface area contributed by atoms with Crippen molar-refractivity contribution in [2.75, 3.05) is 26.2 Å². The van der Waals surface area contributed by atoms with Crippen LogP contribution in [0.15, 0.2) is 0 Å².